The van der Waals surface area contributed by atoms with Gasteiger partial charge in [0.05, 0.1) is 31.1 Å². The number of nitrogens with one attached hydrogen (secondary N) is 2. The highest BCUT2D eigenvalue weighted by Crippen LogP contribution is 2.18. The number of amides is 2. The smallest absolute Gasteiger partial charge is 0.319 e. The fraction of sp³-hybridized carbons (Fsp3) is 0.333. The number of urea groups is 1. The molecular formula is C15H18F2N4O2. The van der Waals surface area contributed by atoms with Crippen molar-refractivity contribution in [3.63, 3.8) is 0 Å². The number of halogens is 2. The van der Waals surface area contributed by atoms with Gasteiger partial charge in [0.2, 0.25) is 0 Å². The van der Waals surface area contributed by atoms with Crippen LogP contribution in [0.4, 0.5) is 19.3 Å². The van der Waals surface area contributed by atoms with Gasteiger partial charge in [-0.1, -0.05) is 0 Å². The van der Waals surface area contributed by atoms with Crippen molar-refractivity contribution in [3.8, 4) is 0 Å². The summed E-state index contributed by atoms with van der Waals surface area (Å²) in [5, 5.41) is 9.18. The Labute approximate surface area is 132 Å². The third-order valence-electron chi connectivity index (χ3n) is 3.19. The fourth-order valence-electron chi connectivity index (χ4n) is 2.02. The first kappa shape index (κ1) is 16.9. The molecule has 1 heterocycles. The Morgan fingerprint density at radius 1 is 1.43 bits per heavy atom. The zero-order valence-corrected chi connectivity index (χ0v) is 12.8. The molecule has 2 rings (SSSR count). The minimum absolute atomic E-state index is 0.0796. The average molecular weight is 324 g/mol. The minimum atomic E-state index is -0.686. The van der Waals surface area contributed by atoms with Gasteiger partial charge in [-0.25, -0.2) is 13.6 Å². The van der Waals surface area contributed by atoms with Crippen LogP contribution in [0.1, 0.15) is 18.5 Å². The number of benzene rings is 1. The first-order valence-electron chi connectivity index (χ1n) is 7.03. The molecule has 2 aromatic rings. The number of hydrogen-bond acceptors (Lipinski definition) is 3. The molecule has 0 spiro atoms. The highest BCUT2D eigenvalue weighted by Gasteiger charge is 2.15. The van der Waals surface area contributed by atoms with Crippen LogP contribution in [0.5, 0.6) is 0 Å². The summed E-state index contributed by atoms with van der Waals surface area (Å²) in [5.74, 6) is -1.14. The molecule has 0 aliphatic rings. The molecule has 0 saturated carbocycles. The molecule has 0 saturated heterocycles. The summed E-state index contributed by atoms with van der Waals surface area (Å²) in [6.45, 7) is 2.63. The van der Waals surface area contributed by atoms with Gasteiger partial charge in [0.15, 0.2) is 0 Å². The number of rotatable bonds is 6. The summed E-state index contributed by atoms with van der Waals surface area (Å²) < 4.78 is 33.4. The molecule has 6 nitrogen and oxygen atoms in total. The average Bonchev–Trinajstić information content (AvgIpc) is 2.94. The lowest BCUT2D eigenvalue weighted by molar-refractivity contribution is 0.183. The van der Waals surface area contributed by atoms with Crippen LogP contribution in [0, 0.1) is 11.6 Å². The number of aromatic nitrogens is 2. The number of hydrogen-bond donors (Lipinski definition) is 2. The summed E-state index contributed by atoms with van der Waals surface area (Å²) in [5.41, 5.74) is 0.571. The second kappa shape index (κ2) is 7.68. The molecule has 23 heavy (non-hydrogen) atoms. The zero-order chi connectivity index (χ0) is 16.8. The summed E-state index contributed by atoms with van der Waals surface area (Å²) in [7, 11) is 1.59. The molecule has 2 N–H and O–H groups in total. The van der Waals surface area contributed by atoms with Gasteiger partial charge in [0.1, 0.15) is 11.6 Å². The summed E-state index contributed by atoms with van der Waals surface area (Å²) in [4.78, 5) is 11.9. The molecule has 2 amide bonds. The number of anilines is 1. The first-order valence-corrected chi connectivity index (χ1v) is 7.03. The molecule has 1 aromatic heterocycles. The van der Waals surface area contributed by atoms with Crippen molar-refractivity contribution >= 4 is 11.7 Å². The SMILES string of the molecule is COCCn1cc(NC(=O)N[C@@H](C)c2cc(F)ccc2F)cn1. The maximum absolute atomic E-state index is 13.7. The number of nitrogens with zero attached hydrogens (tertiary/aromatic N) is 2. The molecule has 0 fully saturated rings. The van der Waals surface area contributed by atoms with Crippen molar-refractivity contribution in [2.75, 3.05) is 19.0 Å². The molecule has 0 aliphatic heterocycles. The van der Waals surface area contributed by atoms with E-state index >= 15 is 0 Å². The van der Waals surface area contributed by atoms with Crippen molar-refractivity contribution in [1.29, 1.82) is 0 Å². The number of ether oxygens (including phenoxy) is 1. The van der Waals surface area contributed by atoms with E-state index in [4.69, 9.17) is 4.74 Å². The second-order valence-corrected chi connectivity index (χ2v) is 4.97. The van der Waals surface area contributed by atoms with Crippen molar-refractivity contribution in [2.24, 2.45) is 0 Å². The summed E-state index contributed by atoms with van der Waals surface area (Å²) in [6, 6.07) is 1.89. The van der Waals surface area contributed by atoms with Gasteiger partial charge < -0.3 is 15.4 Å². The lowest BCUT2D eigenvalue weighted by atomic mass is 10.1. The number of carbonyl (C=O) groups is 1. The molecule has 8 heteroatoms. The van der Waals surface area contributed by atoms with E-state index < -0.39 is 23.7 Å². The molecule has 0 unspecified atom stereocenters. The first-order chi connectivity index (χ1) is 11.0. The predicted octanol–water partition coefficient (Wildman–Crippen LogP) is 2.69. The molecule has 0 aliphatic carbocycles. The van der Waals surface area contributed by atoms with Gasteiger partial charge in [-0.3, -0.25) is 4.68 Å². The second-order valence-electron chi connectivity index (χ2n) is 4.97. The van der Waals surface area contributed by atoms with E-state index in [-0.39, 0.29) is 5.56 Å². The van der Waals surface area contributed by atoms with Gasteiger partial charge in [-0.15, -0.1) is 0 Å². The zero-order valence-electron chi connectivity index (χ0n) is 12.8. The van der Waals surface area contributed by atoms with E-state index in [0.29, 0.717) is 18.8 Å². The van der Waals surface area contributed by atoms with Crippen LogP contribution < -0.4 is 10.6 Å². The van der Waals surface area contributed by atoms with E-state index in [0.717, 1.165) is 18.2 Å². The normalized spacial score (nSPS) is 12.0. The number of carbonyl (C=O) groups excluding carboxylic acids is 1. The standard InChI is InChI=1S/C15H18F2N4O2/c1-10(13-7-11(16)3-4-14(13)17)19-15(22)20-12-8-18-21(9-12)5-6-23-2/h3-4,7-10H,5-6H2,1-2H3,(H2,19,20,22)/t10-/m0/s1. The lowest BCUT2D eigenvalue weighted by Crippen LogP contribution is -2.31. The quantitative estimate of drug-likeness (QED) is 0.858. The van der Waals surface area contributed by atoms with Crippen molar-refractivity contribution in [2.45, 2.75) is 19.5 Å². The van der Waals surface area contributed by atoms with Gasteiger partial charge in [0.25, 0.3) is 0 Å². The van der Waals surface area contributed by atoms with Crippen LogP contribution in [0.2, 0.25) is 0 Å². The summed E-state index contributed by atoms with van der Waals surface area (Å²) >= 11 is 0. The van der Waals surface area contributed by atoms with Crippen molar-refractivity contribution in [3.05, 3.63) is 47.8 Å². The third-order valence-corrected chi connectivity index (χ3v) is 3.19. The van der Waals surface area contributed by atoms with Crippen LogP contribution >= 0.6 is 0 Å². The Morgan fingerprint density at radius 2 is 2.22 bits per heavy atom. The maximum atomic E-state index is 13.7. The maximum Gasteiger partial charge on any atom is 0.319 e. The van der Waals surface area contributed by atoms with Gasteiger partial charge in [-0.2, -0.15) is 5.10 Å². The van der Waals surface area contributed by atoms with Crippen LogP contribution in [0.25, 0.3) is 0 Å². The topological polar surface area (TPSA) is 68.2 Å². The Balaban J connectivity index is 1.93. The van der Waals surface area contributed by atoms with E-state index in [1.165, 1.54) is 6.20 Å². The molecule has 0 bridgehead atoms. The van der Waals surface area contributed by atoms with Crippen LogP contribution in [0.3, 0.4) is 0 Å². The van der Waals surface area contributed by atoms with Crippen molar-refractivity contribution in [1.82, 2.24) is 15.1 Å². The fourth-order valence-corrected chi connectivity index (χ4v) is 2.02. The predicted molar refractivity (Wildman–Crippen MR) is 81.0 cm³/mol. The monoisotopic (exact) mass is 324 g/mol. The van der Waals surface area contributed by atoms with Gasteiger partial charge in [0, 0.05) is 18.9 Å². The van der Waals surface area contributed by atoms with E-state index in [2.05, 4.69) is 15.7 Å². The summed E-state index contributed by atoms with van der Waals surface area (Å²) in [6.07, 6.45) is 3.13. The molecule has 0 radical (unpaired) electrons. The van der Waals surface area contributed by atoms with Gasteiger partial charge >= 0.3 is 6.03 Å². The van der Waals surface area contributed by atoms with Gasteiger partial charge in [-0.05, 0) is 25.1 Å². The lowest BCUT2D eigenvalue weighted by Gasteiger charge is -2.15. The van der Waals surface area contributed by atoms with Crippen LogP contribution in [-0.4, -0.2) is 29.5 Å². The van der Waals surface area contributed by atoms with Crippen LogP contribution in [-0.2, 0) is 11.3 Å². The highest BCUT2D eigenvalue weighted by molar-refractivity contribution is 5.89. The molecule has 1 aromatic carbocycles. The minimum Gasteiger partial charge on any atom is -0.383 e. The molecule has 1 atom stereocenters. The Hall–Kier alpha value is -2.48. The highest BCUT2D eigenvalue weighted by atomic mass is 19.1. The van der Waals surface area contributed by atoms with E-state index in [1.807, 2.05) is 0 Å². The van der Waals surface area contributed by atoms with E-state index in [1.54, 1.807) is 24.9 Å². The largest absolute Gasteiger partial charge is 0.383 e. The Kier molecular flexibility index (Phi) is 5.64. The van der Waals surface area contributed by atoms with Crippen LogP contribution in [0.15, 0.2) is 30.6 Å². The van der Waals surface area contributed by atoms with Crippen molar-refractivity contribution < 1.29 is 18.3 Å². The Morgan fingerprint density at radius 3 is 2.96 bits per heavy atom. The third kappa shape index (κ3) is 4.75. The molecule has 124 valence electrons. The Bertz CT molecular complexity index is 675. The number of methoxy groups -OCH3 is 1. The van der Waals surface area contributed by atoms with E-state index in [9.17, 15) is 13.6 Å². The molecular weight excluding hydrogens is 306 g/mol.